The SMILES string of the molecule is COc1cc(OC)c(NC(=O)NC(C)(C)C2c3ccccc3COc3ccccc32)c(OC)c1. The van der Waals surface area contributed by atoms with Crippen molar-refractivity contribution in [3.05, 3.63) is 77.4 Å². The number of nitrogens with one attached hydrogen (secondary N) is 2. The Morgan fingerprint density at radius 1 is 0.912 bits per heavy atom. The second-order valence-electron chi connectivity index (χ2n) is 8.67. The molecule has 3 aromatic rings. The fourth-order valence-electron chi connectivity index (χ4n) is 4.54. The maximum atomic E-state index is 13.3. The van der Waals surface area contributed by atoms with Gasteiger partial charge < -0.3 is 29.6 Å². The molecule has 1 heterocycles. The predicted molar refractivity (Wildman–Crippen MR) is 131 cm³/mol. The van der Waals surface area contributed by atoms with E-state index in [2.05, 4.69) is 28.8 Å². The Hall–Kier alpha value is -3.87. The van der Waals surface area contributed by atoms with Crippen molar-refractivity contribution in [2.75, 3.05) is 26.6 Å². The third-order valence-electron chi connectivity index (χ3n) is 6.09. The third kappa shape index (κ3) is 4.46. The average Bonchev–Trinajstić information content (AvgIpc) is 3.01. The van der Waals surface area contributed by atoms with Crippen molar-refractivity contribution in [1.82, 2.24) is 5.32 Å². The van der Waals surface area contributed by atoms with Gasteiger partial charge in [0.05, 0.1) is 21.3 Å². The number of amides is 2. The normalized spacial score (nSPS) is 14.6. The highest BCUT2D eigenvalue weighted by molar-refractivity contribution is 5.94. The molecule has 0 aliphatic carbocycles. The Kier molecular flexibility index (Phi) is 6.54. The zero-order chi connectivity index (χ0) is 24.3. The van der Waals surface area contributed by atoms with Gasteiger partial charge in [0.2, 0.25) is 0 Å². The lowest BCUT2D eigenvalue weighted by molar-refractivity contribution is 0.237. The Balaban J connectivity index is 1.68. The van der Waals surface area contributed by atoms with Gasteiger partial charge >= 0.3 is 6.03 Å². The molecule has 4 rings (SSSR count). The molecule has 0 saturated heterocycles. The minimum atomic E-state index is -0.670. The quantitative estimate of drug-likeness (QED) is 0.517. The van der Waals surface area contributed by atoms with Gasteiger partial charge in [-0.1, -0.05) is 42.5 Å². The van der Waals surface area contributed by atoms with Crippen LogP contribution in [-0.4, -0.2) is 32.9 Å². The van der Waals surface area contributed by atoms with Crippen molar-refractivity contribution in [2.45, 2.75) is 31.9 Å². The summed E-state index contributed by atoms with van der Waals surface area (Å²) in [4.78, 5) is 13.3. The first-order valence-corrected chi connectivity index (χ1v) is 11.1. The summed E-state index contributed by atoms with van der Waals surface area (Å²) in [5, 5.41) is 6.07. The first kappa shape index (κ1) is 23.3. The highest BCUT2D eigenvalue weighted by Gasteiger charge is 2.38. The summed E-state index contributed by atoms with van der Waals surface area (Å²) in [6, 6.07) is 19.2. The number of ether oxygens (including phenoxy) is 4. The molecule has 7 nitrogen and oxygen atoms in total. The van der Waals surface area contributed by atoms with Gasteiger partial charge in [0.1, 0.15) is 35.3 Å². The van der Waals surface area contributed by atoms with Crippen molar-refractivity contribution < 1.29 is 23.7 Å². The molecule has 3 aromatic carbocycles. The van der Waals surface area contributed by atoms with Crippen LogP contribution in [0, 0.1) is 0 Å². The largest absolute Gasteiger partial charge is 0.496 e. The van der Waals surface area contributed by atoms with Crippen molar-refractivity contribution in [3.63, 3.8) is 0 Å². The van der Waals surface area contributed by atoms with Crippen LogP contribution in [0.1, 0.15) is 36.5 Å². The van der Waals surface area contributed by atoms with Crippen molar-refractivity contribution in [3.8, 4) is 23.0 Å². The van der Waals surface area contributed by atoms with Crippen LogP contribution in [0.25, 0.3) is 0 Å². The van der Waals surface area contributed by atoms with Crippen LogP contribution < -0.4 is 29.6 Å². The van der Waals surface area contributed by atoms with Gasteiger partial charge in [-0.3, -0.25) is 0 Å². The van der Waals surface area contributed by atoms with Crippen LogP contribution in [0.2, 0.25) is 0 Å². The summed E-state index contributed by atoms with van der Waals surface area (Å²) in [6.07, 6.45) is 0. The van der Waals surface area contributed by atoms with E-state index in [-0.39, 0.29) is 11.9 Å². The van der Waals surface area contributed by atoms with Gasteiger partial charge in [-0.15, -0.1) is 0 Å². The number of anilines is 1. The van der Waals surface area contributed by atoms with Crippen molar-refractivity contribution >= 4 is 11.7 Å². The molecule has 1 aliphatic rings. The number of benzene rings is 3. The summed E-state index contributed by atoms with van der Waals surface area (Å²) in [6.45, 7) is 4.50. The van der Waals surface area contributed by atoms with E-state index in [0.29, 0.717) is 29.5 Å². The molecule has 0 bridgehead atoms. The van der Waals surface area contributed by atoms with Crippen LogP contribution in [0.3, 0.4) is 0 Å². The summed E-state index contributed by atoms with van der Waals surface area (Å²) < 4.78 is 22.3. The fourth-order valence-corrected chi connectivity index (χ4v) is 4.54. The maximum Gasteiger partial charge on any atom is 0.319 e. The fraction of sp³-hybridized carbons (Fsp3) is 0.296. The number of hydrogen-bond donors (Lipinski definition) is 2. The first-order valence-electron chi connectivity index (χ1n) is 11.1. The average molecular weight is 463 g/mol. The zero-order valence-corrected chi connectivity index (χ0v) is 20.1. The lowest BCUT2D eigenvalue weighted by Crippen LogP contribution is -2.50. The molecule has 7 heteroatoms. The number of rotatable bonds is 6. The van der Waals surface area contributed by atoms with E-state index >= 15 is 0 Å². The number of para-hydroxylation sites is 1. The lowest BCUT2D eigenvalue weighted by Gasteiger charge is -2.36. The van der Waals surface area contributed by atoms with Crippen LogP contribution in [0.15, 0.2) is 60.7 Å². The van der Waals surface area contributed by atoms with E-state index in [9.17, 15) is 4.79 Å². The van der Waals surface area contributed by atoms with E-state index in [1.165, 1.54) is 14.2 Å². The molecule has 0 fully saturated rings. The van der Waals surface area contributed by atoms with Gasteiger partial charge in [-0.05, 0) is 31.0 Å². The molecule has 2 N–H and O–H groups in total. The second kappa shape index (κ2) is 9.55. The van der Waals surface area contributed by atoms with E-state index in [1.54, 1.807) is 19.2 Å². The number of methoxy groups -OCH3 is 3. The standard InChI is InChI=1S/C27H30N2O5/c1-27(2,29-26(30)28-25-22(32-4)14-18(31-3)15-23(25)33-5)24-19-11-7-6-10-17(19)16-34-21-13-9-8-12-20(21)24/h6-15,24H,16H2,1-5H3,(H2,28,29,30). The van der Waals surface area contributed by atoms with E-state index in [0.717, 1.165) is 22.4 Å². The van der Waals surface area contributed by atoms with E-state index < -0.39 is 5.54 Å². The van der Waals surface area contributed by atoms with Crippen molar-refractivity contribution in [1.29, 1.82) is 0 Å². The number of urea groups is 1. The Bertz CT molecular complexity index is 1120. The minimum Gasteiger partial charge on any atom is -0.496 e. The monoisotopic (exact) mass is 462 g/mol. The molecule has 178 valence electrons. The van der Waals surface area contributed by atoms with Crippen LogP contribution in [0.4, 0.5) is 10.5 Å². The highest BCUT2D eigenvalue weighted by atomic mass is 16.5. The minimum absolute atomic E-state index is 0.132. The Morgan fingerprint density at radius 3 is 2.18 bits per heavy atom. The summed E-state index contributed by atoms with van der Waals surface area (Å²) in [5.41, 5.74) is 2.99. The van der Waals surface area contributed by atoms with Crippen molar-refractivity contribution in [2.24, 2.45) is 0 Å². The highest BCUT2D eigenvalue weighted by Crippen LogP contribution is 2.44. The van der Waals surface area contributed by atoms with Crippen LogP contribution in [-0.2, 0) is 6.61 Å². The summed E-state index contributed by atoms with van der Waals surface area (Å²) in [7, 11) is 4.62. The number of hydrogen-bond acceptors (Lipinski definition) is 5. The molecule has 34 heavy (non-hydrogen) atoms. The molecule has 0 saturated carbocycles. The number of fused-ring (bicyclic) bond motifs is 2. The zero-order valence-electron chi connectivity index (χ0n) is 20.1. The lowest BCUT2D eigenvalue weighted by atomic mass is 9.75. The Labute approximate surface area is 200 Å². The number of carbonyl (C=O) groups is 1. The number of carbonyl (C=O) groups excluding carboxylic acids is 1. The van der Waals surface area contributed by atoms with Gasteiger partial charge in [0, 0.05) is 29.2 Å². The van der Waals surface area contributed by atoms with Gasteiger partial charge in [0.15, 0.2) is 0 Å². The molecule has 0 radical (unpaired) electrons. The molecule has 2 amide bonds. The summed E-state index contributed by atoms with van der Waals surface area (Å²) >= 11 is 0. The van der Waals surface area contributed by atoms with E-state index in [1.807, 2.05) is 44.2 Å². The smallest absolute Gasteiger partial charge is 0.319 e. The van der Waals surface area contributed by atoms with Gasteiger partial charge in [0.25, 0.3) is 0 Å². The molecule has 0 spiro atoms. The molecule has 1 aliphatic heterocycles. The topological polar surface area (TPSA) is 78.1 Å². The van der Waals surface area contributed by atoms with Crippen LogP contribution >= 0.6 is 0 Å². The molecular formula is C27H30N2O5. The molecular weight excluding hydrogens is 432 g/mol. The van der Waals surface area contributed by atoms with Gasteiger partial charge in [-0.2, -0.15) is 0 Å². The van der Waals surface area contributed by atoms with Crippen LogP contribution in [0.5, 0.6) is 23.0 Å². The molecule has 0 aromatic heterocycles. The Morgan fingerprint density at radius 2 is 1.53 bits per heavy atom. The third-order valence-corrected chi connectivity index (χ3v) is 6.09. The van der Waals surface area contributed by atoms with Gasteiger partial charge in [-0.25, -0.2) is 4.79 Å². The second-order valence-corrected chi connectivity index (χ2v) is 8.67. The first-order chi connectivity index (χ1) is 16.4. The maximum absolute atomic E-state index is 13.3. The predicted octanol–water partition coefficient (Wildman–Crippen LogP) is 5.34. The van der Waals surface area contributed by atoms with E-state index in [4.69, 9.17) is 18.9 Å². The molecule has 1 unspecified atom stereocenters. The molecule has 1 atom stereocenters. The summed E-state index contributed by atoms with van der Waals surface area (Å²) in [5.74, 6) is 2.11.